The van der Waals surface area contributed by atoms with Crippen molar-refractivity contribution in [1.82, 2.24) is 4.90 Å². The zero-order valence-electron chi connectivity index (χ0n) is 15.2. The van der Waals surface area contributed by atoms with E-state index < -0.39 is 15.8 Å². The van der Waals surface area contributed by atoms with Crippen molar-refractivity contribution in [3.8, 4) is 0 Å². The van der Waals surface area contributed by atoms with Gasteiger partial charge in [0.05, 0.1) is 10.6 Å². The number of amides is 1. The van der Waals surface area contributed by atoms with Crippen molar-refractivity contribution in [3.63, 3.8) is 0 Å². The molecule has 7 heteroatoms. The highest BCUT2D eigenvalue weighted by molar-refractivity contribution is 7.92. The van der Waals surface area contributed by atoms with Crippen molar-refractivity contribution in [1.29, 1.82) is 0 Å². The van der Waals surface area contributed by atoms with E-state index >= 15 is 0 Å². The largest absolute Gasteiger partial charge is 0.341 e. The maximum atomic E-state index is 13.2. The van der Waals surface area contributed by atoms with Crippen LogP contribution in [0.5, 0.6) is 0 Å². The van der Waals surface area contributed by atoms with Gasteiger partial charge in [-0.1, -0.05) is 25.1 Å². The molecule has 1 amide bonds. The first kappa shape index (κ1) is 19.4. The van der Waals surface area contributed by atoms with Crippen LogP contribution in [0.1, 0.15) is 19.8 Å². The number of carbonyl (C=O) groups excluding carboxylic acids is 1. The van der Waals surface area contributed by atoms with Gasteiger partial charge in [-0.2, -0.15) is 0 Å². The maximum Gasteiger partial charge on any atom is 0.264 e. The fraction of sp³-hybridized carbons (Fsp3) is 0.350. The van der Waals surface area contributed by atoms with Crippen molar-refractivity contribution in [3.05, 3.63) is 60.4 Å². The number of hydrogen-bond donors (Lipinski definition) is 0. The molecule has 0 saturated carbocycles. The lowest BCUT2D eigenvalue weighted by molar-refractivity contribution is -0.131. The van der Waals surface area contributed by atoms with Gasteiger partial charge < -0.3 is 4.90 Å². The highest BCUT2D eigenvalue weighted by Gasteiger charge is 2.30. The van der Waals surface area contributed by atoms with Crippen LogP contribution in [0.25, 0.3) is 0 Å². The topological polar surface area (TPSA) is 57.7 Å². The zero-order chi connectivity index (χ0) is 19.4. The second-order valence-electron chi connectivity index (χ2n) is 6.89. The van der Waals surface area contributed by atoms with Gasteiger partial charge in [0, 0.05) is 13.1 Å². The van der Waals surface area contributed by atoms with Crippen LogP contribution in [0.4, 0.5) is 10.1 Å². The fourth-order valence-electron chi connectivity index (χ4n) is 3.28. The summed E-state index contributed by atoms with van der Waals surface area (Å²) in [5.41, 5.74) is 0.403. The van der Waals surface area contributed by atoms with Crippen molar-refractivity contribution < 1.29 is 17.6 Å². The van der Waals surface area contributed by atoms with Gasteiger partial charge in [0.2, 0.25) is 5.91 Å². The SMILES string of the molecule is C[C@H]1CCCN(C(=O)CN(c2ccccc2)S(=O)(=O)c2ccc(F)cc2)C1. The second-order valence-corrected chi connectivity index (χ2v) is 8.75. The van der Waals surface area contributed by atoms with E-state index in [4.69, 9.17) is 0 Å². The Labute approximate surface area is 159 Å². The molecule has 5 nitrogen and oxygen atoms in total. The minimum Gasteiger partial charge on any atom is -0.341 e. The Morgan fingerprint density at radius 3 is 2.44 bits per heavy atom. The Bertz CT molecular complexity index is 885. The summed E-state index contributed by atoms with van der Waals surface area (Å²) in [7, 11) is -4.00. The lowest BCUT2D eigenvalue weighted by Gasteiger charge is -2.33. The normalized spacial score (nSPS) is 17.6. The van der Waals surface area contributed by atoms with E-state index in [2.05, 4.69) is 6.92 Å². The van der Waals surface area contributed by atoms with Crippen molar-refractivity contribution >= 4 is 21.6 Å². The molecule has 144 valence electrons. The number of hydrogen-bond acceptors (Lipinski definition) is 3. The van der Waals surface area contributed by atoms with Crippen LogP contribution >= 0.6 is 0 Å². The number of para-hydroxylation sites is 1. The number of anilines is 1. The molecular weight excluding hydrogens is 367 g/mol. The molecule has 3 rings (SSSR count). The number of sulfonamides is 1. The first-order chi connectivity index (χ1) is 12.9. The van der Waals surface area contributed by atoms with Crippen LogP contribution in [0.15, 0.2) is 59.5 Å². The van der Waals surface area contributed by atoms with Gasteiger partial charge in [-0.15, -0.1) is 0 Å². The molecular formula is C20H23FN2O3S. The standard InChI is InChI=1S/C20H23FN2O3S/c1-16-6-5-13-22(14-16)20(24)15-23(18-7-3-2-4-8-18)27(25,26)19-11-9-17(21)10-12-19/h2-4,7-12,16H,5-6,13-15H2,1H3/t16-/m0/s1. The van der Waals surface area contributed by atoms with Crippen LogP contribution in [0.2, 0.25) is 0 Å². The molecule has 0 N–H and O–H groups in total. The summed E-state index contributed by atoms with van der Waals surface area (Å²) in [6.45, 7) is 3.08. The van der Waals surface area contributed by atoms with Crippen LogP contribution in [0.3, 0.4) is 0 Å². The van der Waals surface area contributed by atoms with Gasteiger partial charge in [-0.3, -0.25) is 9.10 Å². The monoisotopic (exact) mass is 390 g/mol. The molecule has 0 aliphatic carbocycles. The van der Waals surface area contributed by atoms with Crippen LogP contribution in [-0.4, -0.2) is 38.9 Å². The van der Waals surface area contributed by atoms with Gasteiger partial charge in [-0.05, 0) is 55.2 Å². The summed E-state index contributed by atoms with van der Waals surface area (Å²) >= 11 is 0. The van der Waals surface area contributed by atoms with Gasteiger partial charge in [0.15, 0.2) is 0 Å². The summed E-state index contributed by atoms with van der Waals surface area (Å²) in [5, 5.41) is 0. The third-order valence-corrected chi connectivity index (χ3v) is 6.52. The summed E-state index contributed by atoms with van der Waals surface area (Å²) in [6.07, 6.45) is 1.99. The van der Waals surface area contributed by atoms with Crippen LogP contribution < -0.4 is 4.31 Å². The van der Waals surface area contributed by atoms with Crippen LogP contribution in [0, 0.1) is 11.7 Å². The molecule has 27 heavy (non-hydrogen) atoms. The third-order valence-electron chi connectivity index (χ3n) is 4.73. The number of rotatable bonds is 5. The number of piperidine rings is 1. The highest BCUT2D eigenvalue weighted by Crippen LogP contribution is 2.24. The molecule has 0 bridgehead atoms. The molecule has 1 aliphatic heterocycles. The average Bonchev–Trinajstić information content (AvgIpc) is 2.67. The first-order valence-corrected chi connectivity index (χ1v) is 10.4. The van der Waals surface area contributed by atoms with Crippen molar-refractivity contribution in [2.24, 2.45) is 5.92 Å². The molecule has 0 unspecified atom stereocenters. The lowest BCUT2D eigenvalue weighted by atomic mass is 10.0. The van der Waals surface area contributed by atoms with Crippen LogP contribution in [-0.2, 0) is 14.8 Å². The van der Waals surface area contributed by atoms with E-state index in [1.54, 1.807) is 35.2 Å². The minimum absolute atomic E-state index is 0.0486. The molecule has 1 fully saturated rings. The molecule has 2 aromatic carbocycles. The van der Waals surface area contributed by atoms with E-state index in [-0.39, 0.29) is 17.3 Å². The third kappa shape index (κ3) is 4.47. The molecule has 1 aliphatic rings. The van der Waals surface area contributed by atoms with E-state index in [0.717, 1.165) is 29.3 Å². The molecule has 0 aromatic heterocycles. The second kappa shape index (κ2) is 8.08. The van der Waals surface area contributed by atoms with Gasteiger partial charge in [-0.25, -0.2) is 12.8 Å². The van der Waals surface area contributed by atoms with E-state index in [1.165, 1.54) is 12.1 Å². The maximum absolute atomic E-state index is 13.2. The number of nitrogens with zero attached hydrogens (tertiary/aromatic N) is 2. The Balaban J connectivity index is 1.92. The quantitative estimate of drug-likeness (QED) is 0.787. The smallest absolute Gasteiger partial charge is 0.264 e. The summed E-state index contributed by atoms with van der Waals surface area (Å²) in [4.78, 5) is 14.5. The summed E-state index contributed by atoms with van der Waals surface area (Å²) in [5.74, 6) is -0.337. The number of carbonyl (C=O) groups is 1. The molecule has 1 saturated heterocycles. The lowest BCUT2D eigenvalue weighted by Crippen LogP contribution is -2.46. The Hall–Kier alpha value is -2.41. The van der Waals surface area contributed by atoms with Gasteiger partial charge >= 0.3 is 0 Å². The molecule has 2 aromatic rings. The summed E-state index contributed by atoms with van der Waals surface area (Å²) < 4.78 is 40.6. The van der Waals surface area contributed by atoms with Gasteiger partial charge in [0.1, 0.15) is 12.4 Å². The number of benzene rings is 2. The van der Waals surface area contributed by atoms with E-state index in [9.17, 15) is 17.6 Å². The highest BCUT2D eigenvalue weighted by atomic mass is 32.2. The van der Waals surface area contributed by atoms with Crippen molar-refractivity contribution in [2.75, 3.05) is 23.9 Å². The predicted octanol–water partition coefficient (Wildman–Crippen LogP) is 3.28. The van der Waals surface area contributed by atoms with E-state index in [1.807, 2.05) is 0 Å². The fourth-order valence-corrected chi connectivity index (χ4v) is 4.70. The number of likely N-dealkylation sites (tertiary alicyclic amines) is 1. The van der Waals surface area contributed by atoms with Crippen molar-refractivity contribution in [2.45, 2.75) is 24.7 Å². The average molecular weight is 390 g/mol. The van der Waals surface area contributed by atoms with E-state index in [0.29, 0.717) is 24.7 Å². The zero-order valence-corrected chi connectivity index (χ0v) is 16.0. The Morgan fingerprint density at radius 1 is 1.15 bits per heavy atom. The first-order valence-electron chi connectivity index (χ1n) is 8.99. The summed E-state index contributed by atoms with van der Waals surface area (Å²) in [6, 6.07) is 13.1. The molecule has 0 spiro atoms. The molecule has 1 heterocycles. The minimum atomic E-state index is -4.00. The predicted molar refractivity (Wildman–Crippen MR) is 102 cm³/mol. The Morgan fingerprint density at radius 2 is 1.81 bits per heavy atom. The number of halogens is 1. The van der Waals surface area contributed by atoms with Gasteiger partial charge in [0.25, 0.3) is 10.0 Å². The molecule has 1 atom stereocenters. The Kier molecular flexibility index (Phi) is 5.79. The molecule has 0 radical (unpaired) electrons.